The highest BCUT2D eigenvalue weighted by molar-refractivity contribution is 5.69. The fourth-order valence-corrected chi connectivity index (χ4v) is 1.63. The first-order chi connectivity index (χ1) is 8.35. The van der Waals surface area contributed by atoms with Crippen LogP contribution in [-0.2, 0) is 14.3 Å². The van der Waals surface area contributed by atoms with Gasteiger partial charge in [-0.05, 0) is 6.42 Å². The summed E-state index contributed by atoms with van der Waals surface area (Å²) in [6, 6.07) is 0. The summed E-state index contributed by atoms with van der Waals surface area (Å²) in [5, 5.41) is 47.2. The Morgan fingerprint density at radius 1 is 1.33 bits per heavy atom. The smallest absolute Gasteiger partial charge is 0.357 e. The number of hydrogen-bond donors (Lipinski definition) is 5. The highest BCUT2D eigenvalue weighted by atomic mass is 16.8. The van der Waals surface area contributed by atoms with E-state index >= 15 is 0 Å². The Hall–Kier alpha value is -0.770. The van der Waals surface area contributed by atoms with Crippen LogP contribution in [0.5, 0.6) is 0 Å². The maximum atomic E-state index is 11.3. The molecule has 1 saturated heterocycles. The molecule has 1 rings (SSSR count). The SMILES string of the molecule is CCCC(=O)O[C@@]1(O)O[C@H](CO)[C@H](O)[C@H](O)[C@H]1O. The van der Waals surface area contributed by atoms with Gasteiger partial charge in [0.25, 0.3) is 0 Å². The molecule has 8 nitrogen and oxygen atoms in total. The van der Waals surface area contributed by atoms with Gasteiger partial charge in [0, 0.05) is 6.42 Å². The third-order valence-corrected chi connectivity index (χ3v) is 2.64. The van der Waals surface area contributed by atoms with Crippen LogP contribution in [0.15, 0.2) is 0 Å². The van der Waals surface area contributed by atoms with Gasteiger partial charge in [-0.3, -0.25) is 4.79 Å². The largest absolute Gasteiger partial charge is 0.406 e. The molecule has 1 fully saturated rings. The zero-order chi connectivity index (χ0) is 13.9. The van der Waals surface area contributed by atoms with Gasteiger partial charge in [-0.15, -0.1) is 0 Å². The second kappa shape index (κ2) is 5.91. The summed E-state index contributed by atoms with van der Waals surface area (Å²) >= 11 is 0. The third kappa shape index (κ3) is 2.97. The van der Waals surface area contributed by atoms with E-state index in [1.807, 2.05) is 0 Å². The molecule has 106 valence electrons. The lowest BCUT2D eigenvalue weighted by molar-refractivity contribution is -0.434. The summed E-state index contributed by atoms with van der Waals surface area (Å²) in [7, 11) is 0. The molecule has 1 aliphatic rings. The van der Waals surface area contributed by atoms with Crippen LogP contribution < -0.4 is 0 Å². The number of esters is 1. The quantitative estimate of drug-likeness (QED) is 0.277. The van der Waals surface area contributed by atoms with Gasteiger partial charge in [0.1, 0.15) is 18.3 Å². The number of aliphatic hydroxyl groups is 5. The summed E-state index contributed by atoms with van der Waals surface area (Å²) in [5.41, 5.74) is 0. The molecule has 0 radical (unpaired) electrons. The fourth-order valence-electron chi connectivity index (χ4n) is 1.63. The molecule has 0 saturated carbocycles. The molecule has 0 spiro atoms. The summed E-state index contributed by atoms with van der Waals surface area (Å²) in [6.45, 7) is 0.983. The van der Waals surface area contributed by atoms with Crippen LogP contribution in [0.2, 0.25) is 0 Å². The molecular weight excluding hydrogens is 248 g/mol. The lowest BCUT2D eigenvalue weighted by atomic mass is 9.98. The molecule has 8 heteroatoms. The van der Waals surface area contributed by atoms with Crippen molar-refractivity contribution in [2.75, 3.05) is 6.61 Å². The zero-order valence-corrected chi connectivity index (χ0v) is 9.89. The van der Waals surface area contributed by atoms with E-state index in [9.17, 15) is 25.2 Å². The van der Waals surface area contributed by atoms with Crippen molar-refractivity contribution in [3.63, 3.8) is 0 Å². The van der Waals surface area contributed by atoms with Crippen molar-refractivity contribution in [1.82, 2.24) is 0 Å². The lowest BCUT2D eigenvalue weighted by Crippen LogP contribution is -2.66. The molecule has 0 bridgehead atoms. The fraction of sp³-hybridized carbons (Fsp3) is 0.900. The Morgan fingerprint density at radius 3 is 2.44 bits per heavy atom. The maximum Gasteiger partial charge on any atom is 0.357 e. The van der Waals surface area contributed by atoms with Gasteiger partial charge in [0.2, 0.25) is 0 Å². The van der Waals surface area contributed by atoms with Gasteiger partial charge in [-0.1, -0.05) is 6.92 Å². The number of aliphatic hydroxyl groups excluding tert-OH is 4. The second-order valence-electron chi connectivity index (χ2n) is 4.12. The van der Waals surface area contributed by atoms with Crippen LogP contribution in [0, 0.1) is 0 Å². The molecular formula is C10H18O8. The Kier molecular flexibility index (Phi) is 5.02. The normalized spacial score (nSPS) is 40.6. The highest BCUT2D eigenvalue weighted by Crippen LogP contribution is 2.29. The van der Waals surface area contributed by atoms with Gasteiger partial charge in [-0.25, -0.2) is 0 Å². The molecule has 0 aromatic rings. The summed E-state index contributed by atoms with van der Waals surface area (Å²) in [6.07, 6.45) is -6.37. The van der Waals surface area contributed by atoms with Crippen molar-refractivity contribution in [2.24, 2.45) is 0 Å². The van der Waals surface area contributed by atoms with Crippen LogP contribution >= 0.6 is 0 Å². The highest BCUT2D eigenvalue weighted by Gasteiger charge is 2.55. The van der Waals surface area contributed by atoms with E-state index in [2.05, 4.69) is 4.74 Å². The van der Waals surface area contributed by atoms with Crippen LogP contribution in [0.1, 0.15) is 19.8 Å². The maximum absolute atomic E-state index is 11.3. The van der Waals surface area contributed by atoms with Crippen LogP contribution in [0.3, 0.4) is 0 Å². The molecule has 0 aliphatic carbocycles. The third-order valence-electron chi connectivity index (χ3n) is 2.64. The minimum atomic E-state index is -2.78. The predicted octanol–water partition coefficient (Wildman–Crippen LogP) is -2.55. The molecule has 18 heavy (non-hydrogen) atoms. The van der Waals surface area contributed by atoms with Gasteiger partial charge in [0.15, 0.2) is 6.10 Å². The van der Waals surface area contributed by atoms with Crippen LogP contribution in [0.25, 0.3) is 0 Å². The van der Waals surface area contributed by atoms with Crippen molar-refractivity contribution < 1.29 is 39.8 Å². The minimum absolute atomic E-state index is 0.0131. The van der Waals surface area contributed by atoms with E-state index in [1.54, 1.807) is 6.92 Å². The Bertz CT molecular complexity index is 294. The molecule has 1 aliphatic heterocycles. The monoisotopic (exact) mass is 266 g/mol. The predicted molar refractivity (Wildman–Crippen MR) is 55.9 cm³/mol. The van der Waals surface area contributed by atoms with Gasteiger partial charge in [0.05, 0.1) is 6.61 Å². The summed E-state index contributed by atoms with van der Waals surface area (Å²) in [5.74, 6) is -3.61. The van der Waals surface area contributed by atoms with Crippen molar-refractivity contribution in [2.45, 2.75) is 50.2 Å². The van der Waals surface area contributed by atoms with Gasteiger partial charge >= 0.3 is 11.9 Å². The van der Waals surface area contributed by atoms with Crippen LogP contribution in [0.4, 0.5) is 0 Å². The van der Waals surface area contributed by atoms with E-state index in [1.165, 1.54) is 0 Å². The van der Waals surface area contributed by atoms with Gasteiger partial charge < -0.3 is 35.0 Å². The van der Waals surface area contributed by atoms with E-state index in [-0.39, 0.29) is 6.42 Å². The van der Waals surface area contributed by atoms with E-state index in [0.29, 0.717) is 6.42 Å². The van der Waals surface area contributed by atoms with Crippen LogP contribution in [-0.4, -0.2) is 68.5 Å². The van der Waals surface area contributed by atoms with E-state index in [4.69, 9.17) is 9.84 Å². The second-order valence-corrected chi connectivity index (χ2v) is 4.12. The molecule has 5 atom stereocenters. The number of carbonyl (C=O) groups excluding carboxylic acids is 1. The first-order valence-corrected chi connectivity index (χ1v) is 5.62. The van der Waals surface area contributed by atoms with Crippen molar-refractivity contribution >= 4 is 5.97 Å². The van der Waals surface area contributed by atoms with E-state index < -0.39 is 43.0 Å². The van der Waals surface area contributed by atoms with Crippen molar-refractivity contribution in [3.05, 3.63) is 0 Å². The average Bonchev–Trinajstić information content (AvgIpc) is 2.32. The van der Waals surface area contributed by atoms with Crippen molar-refractivity contribution in [3.8, 4) is 0 Å². The standard InChI is InChI=1S/C10H18O8/c1-2-3-6(12)18-10(16)9(15)8(14)7(13)5(4-11)17-10/h5,7-9,11,13-16H,2-4H2,1H3/t5-,7+,8+,9-,10+/m1/s1. The summed E-state index contributed by atoms with van der Waals surface area (Å²) in [4.78, 5) is 11.3. The topological polar surface area (TPSA) is 137 Å². The number of ether oxygens (including phenoxy) is 2. The van der Waals surface area contributed by atoms with Crippen molar-refractivity contribution in [1.29, 1.82) is 0 Å². The molecule has 0 aromatic carbocycles. The minimum Gasteiger partial charge on any atom is -0.406 e. The molecule has 1 heterocycles. The number of carbonyl (C=O) groups is 1. The Labute approximate surface area is 103 Å². The lowest BCUT2D eigenvalue weighted by Gasteiger charge is -2.43. The van der Waals surface area contributed by atoms with E-state index in [0.717, 1.165) is 0 Å². The first-order valence-electron chi connectivity index (χ1n) is 5.62. The van der Waals surface area contributed by atoms with Gasteiger partial charge in [-0.2, -0.15) is 0 Å². The zero-order valence-electron chi connectivity index (χ0n) is 9.89. The number of hydrogen-bond acceptors (Lipinski definition) is 8. The molecule has 0 aromatic heterocycles. The molecule has 0 unspecified atom stereocenters. The average molecular weight is 266 g/mol. The number of rotatable bonds is 4. The Balaban J connectivity index is 2.81. The molecule has 5 N–H and O–H groups in total. The Morgan fingerprint density at radius 2 is 1.94 bits per heavy atom. The summed E-state index contributed by atoms with van der Waals surface area (Å²) < 4.78 is 9.28. The first kappa shape index (κ1) is 15.3. The molecule has 0 amide bonds.